The Labute approximate surface area is 162 Å². The lowest BCUT2D eigenvalue weighted by molar-refractivity contribution is 0.100. The molecule has 3 N–H and O–H groups in total. The molecule has 27 heavy (non-hydrogen) atoms. The van der Waals surface area contributed by atoms with Crippen molar-refractivity contribution >= 4 is 38.2 Å². The van der Waals surface area contributed by atoms with E-state index in [0.717, 1.165) is 23.3 Å². The minimum atomic E-state index is -3.61. The van der Waals surface area contributed by atoms with E-state index in [4.69, 9.17) is 5.73 Å². The van der Waals surface area contributed by atoms with Gasteiger partial charge in [-0.2, -0.15) is 4.31 Å². The molecule has 0 spiro atoms. The first kappa shape index (κ1) is 19.5. The second-order valence-electron chi connectivity index (χ2n) is 6.44. The third kappa shape index (κ3) is 3.76. The zero-order valence-corrected chi connectivity index (χ0v) is 16.7. The molecule has 1 aromatic carbocycles. The van der Waals surface area contributed by atoms with Crippen LogP contribution in [-0.2, 0) is 10.0 Å². The number of nitrogens with zero attached hydrogens (tertiary/aromatic N) is 1. The summed E-state index contributed by atoms with van der Waals surface area (Å²) in [4.78, 5) is 25.3. The van der Waals surface area contributed by atoms with Crippen molar-refractivity contribution < 1.29 is 18.0 Å². The molecule has 0 saturated carbocycles. The van der Waals surface area contributed by atoms with Gasteiger partial charge in [-0.15, -0.1) is 11.3 Å². The van der Waals surface area contributed by atoms with E-state index < -0.39 is 21.8 Å². The number of hydrogen-bond donors (Lipinski definition) is 2. The Kier molecular flexibility index (Phi) is 5.36. The first-order chi connectivity index (χ1) is 12.7. The van der Waals surface area contributed by atoms with Crippen LogP contribution >= 0.6 is 11.3 Å². The lowest BCUT2D eigenvalue weighted by atomic mass is 10.1. The predicted octanol–water partition coefficient (Wildman–Crippen LogP) is 2.50. The first-order valence-electron chi connectivity index (χ1n) is 8.53. The van der Waals surface area contributed by atoms with Crippen molar-refractivity contribution in [1.29, 1.82) is 0 Å². The van der Waals surface area contributed by atoms with Crippen molar-refractivity contribution in [3.05, 3.63) is 45.8 Å². The van der Waals surface area contributed by atoms with Crippen LogP contribution < -0.4 is 11.1 Å². The summed E-state index contributed by atoms with van der Waals surface area (Å²) < 4.78 is 26.8. The van der Waals surface area contributed by atoms with Gasteiger partial charge in [0, 0.05) is 23.5 Å². The van der Waals surface area contributed by atoms with Crippen LogP contribution in [0.5, 0.6) is 0 Å². The zero-order valence-electron chi connectivity index (χ0n) is 15.1. The lowest BCUT2D eigenvalue weighted by Crippen LogP contribution is -2.28. The molecule has 0 unspecified atom stereocenters. The molecule has 1 saturated heterocycles. The molecule has 1 aliphatic rings. The van der Waals surface area contributed by atoms with Crippen LogP contribution in [0.2, 0.25) is 0 Å². The van der Waals surface area contributed by atoms with Gasteiger partial charge < -0.3 is 11.1 Å². The summed E-state index contributed by atoms with van der Waals surface area (Å²) in [5.41, 5.74) is 6.64. The van der Waals surface area contributed by atoms with E-state index in [2.05, 4.69) is 5.32 Å². The maximum absolute atomic E-state index is 12.7. The number of nitrogens with two attached hydrogens (primary N) is 1. The quantitative estimate of drug-likeness (QED) is 0.793. The number of amides is 2. The highest BCUT2D eigenvalue weighted by Gasteiger charge is 2.28. The number of rotatable bonds is 5. The standard InChI is InChI=1S/C18H21N3O4S2/c1-11-12(2)26-18(15(11)16(19)22)20-17(23)13-6-5-7-14(10-13)27(24,25)21-8-3-4-9-21/h5-7,10H,3-4,8-9H2,1-2H3,(H2,19,22)(H,20,23). The van der Waals surface area contributed by atoms with Crippen LogP contribution in [0.3, 0.4) is 0 Å². The maximum atomic E-state index is 12.7. The van der Waals surface area contributed by atoms with E-state index in [1.54, 1.807) is 6.92 Å². The molecule has 0 atom stereocenters. The molecule has 144 valence electrons. The summed E-state index contributed by atoms with van der Waals surface area (Å²) in [6, 6.07) is 5.92. The summed E-state index contributed by atoms with van der Waals surface area (Å²) in [6.07, 6.45) is 1.68. The van der Waals surface area contributed by atoms with Gasteiger partial charge in [-0.1, -0.05) is 6.07 Å². The number of hydrogen-bond acceptors (Lipinski definition) is 5. The minimum absolute atomic E-state index is 0.0886. The van der Waals surface area contributed by atoms with Crippen molar-refractivity contribution in [2.75, 3.05) is 18.4 Å². The van der Waals surface area contributed by atoms with Gasteiger partial charge in [0.25, 0.3) is 11.8 Å². The van der Waals surface area contributed by atoms with Gasteiger partial charge in [-0.05, 0) is 50.5 Å². The van der Waals surface area contributed by atoms with Gasteiger partial charge in [0.15, 0.2) is 0 Å². The highest BCUT2D eigenvalue weighted by molar-refractivity contribution is 7.89. The van der Waals surface area contributed by atoms with E-state index >= 15 is 0 Å². The Morgan fingerprint density at radius 3 is 2.48 bits per heavy atom. The summed E-state index contributed by atoms with van der Waals surface area (Å²) in [7, 11) is -3.61. The van der Waals surface area contributed by atoms with Crippen molar-refractivity contribution in [1.82, 2.24) is 4.31 Å². The molecule has 7 nitrogen and oxygen atoms in total. The normalized spacial score (nSPS) is 15.0. The maximum Gasteiger partial charge on any atom is 0.256 e. The third-order valence-electron chi connectivity index (χ3n) is 4.66. The number of carbonyl (C=O) groups is 2. The molecule has 2 aromatic rings. The average Bonchev–Trinajstić information content (AvgIpc) is 3.24. The smallest absolute Gasteiger partial charge is 0.256 e. The Bertz CT molecular complexity index is 1010. The number of thiophene rings is 1. The molecule has 1 aromatic heterocycles. The zero-order chi connectivity index (χ0) is 19.8. The molecule has 0 bridgehead atoms. The summed E-state index contributed by atoms with van der Waals surface area (Å²) in [6.45, 7) is 4.60. The van der Waals surface area contributed by atoms with E-state index in [1.165, 1.54) is 39.9 Å². The minimum Gasteiger partial charge on any atom is -0.365 e. The number of aryl methyl sites for hydroxylation is 1. The molecule has 2 heterocycles. The number of primary amides is 1. The van der Waals surface area contributed by atoms with Crippen LogP contribution in [-0.4, -0.2) is 37.6 Å². The predicted molar refractivity (Wildman–Crippen MR) is 105 cm³/mol. The topological polar surface area (TPSA) is 110 Å². The Balaban J connectivity index is 1.89. The molecule has 0 aliphatic carbocycles. The van der Waals surface area contributed by atoms with Crippen molar-refractivity contribution in [3.8, 4) is 0 Å². The van der Waals surface area contributed by atoms with Crippen LogP contribution in [0, 0.1) is 13.8 Å². The SMILES string of the molecule is Cc1sc(NC(=O)c2cccc(S(=O)(=O)N3CCCC3)c2)c(C(N)=O)c1C. The van der Waals surface area contributed by atoms with Gasteiger partial charge in [-0.3, -0.25) is 9.59 Å². The summed E-state index contributed by atoms with van der Waals surface area (Å²) in [5.74, 6) is -1.10. The fourth-order valence-electron chi connectivity index (χ4n) is 3.06. The fraction of sp³-hybridized carbons (Fsp3) is 0.333. The van der Waals surface area contributed by atoms with Gasteiger partial charge in [0.2, 0.25) is 10.0 Å². The Hall–Kier alpha value is -2.23. The van der Waals surface area contributed by atoms with Gasteiger partial charge in [0.1, 0.15) is 5.00 Å². The Morgan fingerprint density at radius 2 is 1.85 bits per heavy atom. The van der Waals surface area contributed by atoms with Gasteiger partial charge >= 0.3 is 0 Å². The highest BCUT2D eigenvalue weighted by Crippen LogP contribution is 2.32. The Morgan fingerprint density at radius 1 is 1.19 bits per heavy atom. The second kappa shape index (κ2) is 7.41. The average molecular weight is 408 g/mol. The van der Waals surface area contributed by atoms with Gasteiger partial charge in [0.05, 0.1) is 10.5 Å². The summed E-state index contributed by atoms with van der Waals surface area (Å²) in [5, 5.41) is 3.06. The van der Waals surface area contributed by atoms with Crippen molar-refractivity contribution in [2.24, 2.45) is 5.73 Å². The third-order valence-corrected chi connectivity index (χ3v) is 7.68. The molecule has 2 amide bonds. The van der Waals surface area contributed by atoms with E-state index in [0.29, 0.717) is 18.1 Å². The van der Waals surface area contributed by atoms with E-state index in [1.807, 2.05) is 6.92 Å². The molecular formula is C18H21N3O4S2. The lowest BCUT2D eigenvalue weighted by Gasteiger charge is -2.16. The number of benzene rings is 1. The number of sulfonamides is 1. The highest BCUT2D eigenvalue weighted by atomic mass is 32.2. The molecule has 3 rings (SSSR count). The molecule has 1 aliphatic heterocycles. The summed E-state index contributed by atoms with van der Waals surface area (Å²) >= 11 is 1.26. The van der Waals surface area contributed by atoms with Crippen LogP contribution in [0.4, 0.5) is 5.00 Å². The monoisotopic (exact) mass is 407 g/mol. The molecule has 1 fully saturated rings. The number of carbonyl (C=O) groups excluding carboxylic acids is 2. The molecule has 0 radical (unpaired) electrons. The van der Waals surface area contributed by atoms with Crippen molar-refractivity contribution in [2.45, 2.75) is 31.6 Å². The second-order valence-corrected chi connectivity index (χ2v) is 9.61. The van der Waals surface area contributed by atoms with E-state index in [-0.39, 0.29) is 16.0 Å². The van der Waals surface area contributed by atoms with E-state index in [9.17, 15) is 18.0 Å². The van der Waals surface area contributed by atoms with Crippen LogP contribution in [0.1, 0.15) is 44.0 Å². The largest absolute Gasteiger partial charge is 0.365 e. The van der Waals surface area contributed by atoms with Gasteiger partial charge in [-0.25, -0.2) is 8.42 Å². The first-order valence-corrected chi connectivity index (χ1v) is 10.8. The van der Waals surface area contributed by atoms with Crippen LogP contribution in [0.15, 0.2) is 29.2 Å². The number of anilines is 1. The van der Waals surface area contributed by atoms with Crippen molar-refractivity contribution in [3.63, 3.8) is 0 Å². The fourth-order valence-corrected chi connectivity index (χ4v) is 5.69. The number of nitrogens with one attached hydrogen (secondary N) is 1. The molecular weight excluding hydrogens is 386 g/mol. The van der Waals surface area contributed by atoms with Crippen LogP contribution in [0.25, 0.3) is 0 Å². The molecule has 9 heteroatoms.